The smallest absolute Gasteiger partial charge is 0.0189 e. The van der Waals surface area contributed by atoms with Crippen molar-refractivity contribution in [3.63, 3.8) is 0 Å². The predicted molar refractivity (Wildman–Crippen MR) is 47.0 cm³/mol. The van der Waals surface area contributed by atoms with Crippen LogP contribution in [0.1, 0.15) is 19.8 Å². The SMILES string of the molecule is CC1=CCC2SC=CC2C1. The normalized spacial score (nSPS) is 37.5. The molecule has 0 fully saturated rings. The van der Waals surface area contributed by atoms with Crippen molar-refractivity contribution in [3.05, 3.63) is 23.1 Å². The van der Waals surface area contributed by atoms with Gasteiger partial charge >= 0.3 is 0 Å². The molecule has 1 heterocycles. The van der Waals surface area contributed by atoms with E-state index in [-0.39, 0.29) is 0 Å². The molecule has 0 amide bonds. The Morgan fingerprint density at radius 1 is 1.60 bits per heavy atom. The molecular weight excluding hydrogens is 140 g/mol. The Labute approximate surface area is 66.4 Å². The van der Waals surface area contributed by atoms with Gasteiger partial charge in [-0.1, -0.05) is 17.7 Å². The molecule has 0 N–H and O–H groups in total. The van der Waals surface area contributed by atoms with Crippen LogP contribution in [0.25, 0.3) is 0 Å². The van der Waals surface area contributed by atoms with Crippen LogP contribution in [0.5, 0.6) is 0 Å². The molecule has 0 nitrogen and oxygen atoms in total. The van der Waals surface area contributed by atoms with Crippen molar-refractivity contribution in [2.24, 2.45) is 5.92 Å². The standard InChI is InChI=1S/C9H12S/c1-7-2-3-9-8(6-7)4-5-10-9/h2,4-5,8-9H,3,6H2,1H3. The van der Waals surface area contributed by atoms with Gasteiger partial charge in [-0.15, -0.1) is 11.8 Å². The third-order valence-corrected chi connectivity index (χ3v) is 3.52. The first-order chi connectivity index (χ1) is 4.86. The first kappa shape index (κ1) is 6.53. The van der Waals surface area contributed by atoms with E-state index in [0.29, 0.717) is 0 Å². The van der Waals surface area contributed by atoms with Crippen LogP contribution in [0.15, 0.2) is 23.1 Å². The van der Waals surface area contributed by atoms with Gasteiger partial charge in [0.15, 0.2) is 0 Å². The maximum Gasteiger partial charge on any atom is 0.0189 e. The summed E-state index contributed by atoms with van der Waals surface area (Å²) in [6.07, 6.45) is 7.34. The van der Waals surface area contributed by atoms with Gasteiger partial charge in [-0.05, 0) is 31.1 Å². The maximum atomic E-state index is 2.39. The topological polar surface area (TPSA) is 0 Å². The number of hydrogen-bond donors (Lipinski definition) is 0. The zero-order valence-corrected chi connectivity index (χ0v) is 7.03. The van der Waals surface area contributed by atoms with Crippen molar-refractivity contribution in [2.75, 3.05) is 0 Å². The Morgan fingerprint density at radius 3 is 3.40 bits per heavy atom. The van der Waals surface area contributed by atoms with E-state index in [1.165, 1.54) is 12.8 Å². The van der Waals surface area contributed by atoms with E-state index in [0.717, 1.165) is 11.2 Å². The third kappa shape index (κ3) is 1.03. The molecule has 0 aromatic heterocycles. The van der Waals surface area contributed by atoms with E-state index >= 15 is 0 Å². The second-order valence-electron chi connectivity index (χ2n) is 3.16. The van der Waals surface area contributed by atoms with Crippen LogP contribution in [0.4, 0.5) is 0 Å². The van der Waals surface area contributed by atoms with Gasteiger partial charge in [-0.25, -0.2) is 0 Å². The van der Waals surface area contributed by atoms with Crippen molar-refractivity contribution < 1.29 is 0 Å². The van der Waals surface area contributed by atoms with Crippen molar-refractivity contribution in [2.45, 2.75) is 25.0 Å². The summed E-state index contributed by atoms with van der Waals surface area (Å²) in [5.74, 6) is 0.856. The molecular formula is C9H12S. The Balaban J connectivity index is 2.14. The van der Waals surface area contributed by atoms with Gasteiger partial charge in [0.1, 0.15) is 0 Å². The van der Waals surface area contributed by atoms with Gasteiger partial charge in [-0.2, -0.15) is 0 Å². The summed E-state index contributed by atoms with van der Waals surface area (Å²) in [6.45, 7) is 2.24. The number of hydrogen-bond acceptors (Lipinski definition) is 1. The van der Waals surface area contributed by atoms with Gasteiger partial charge in [-0.3, -0.25) is 0 Å². The van der Waals surface area contributed by atoms with Gasteiger partial charge in [0.05, 0.1) is 0 Å². The fraction of sp³-hybridized carbons (Fsp3) is 0.556. The minimum atomic E-state index is 0.856. The van der Waals surface area contributed by atoms with Crippen LogP contribution in [-0.2, 0) is 0 Å². The lowest BCUT2D eigenvalue weighted by molar-refractivity contribution is 0.588. The lowest BCUT2D eigenvalue weighted by atomic mass is 9.89. The first-order valence-corrected chi connectivity index (χ1v) is 4.78. The van der Waals surface area contributed by atoms with Crippen molar-refractivity contribution in [1.82, 2.24) is 0 Å². The second kappa shape index (κ2) is 2.46. The molecule has 2 unspecified atom stereocenters. The summed E-state index contributed by atoms with van der Waals surface area (Å²) in [6, 6.07) is 0. The molecule has 0 saturated heterocycles. The van der Waals surface area contributed by atoms with Crippen LogP contribution in [0.2, 0.25) is 0 Å². The molecule has 10 heavy (non-hydrogen) atoms. The number of thioether (sulfide) groups is 1. The molecule has 54 valence electrons. The van der Waals surface area contributed by atoms with Gasteiger partial charge in [0.25, 0.3) is 0 Å². The number of rotatable bonds is 0. The Hall–Kier alpha value is -0.170. The molecule has 0 saturated carbocycles. The van der Waals surface area contributed by atoms with E-state index < -0.39 is 0 Å². The largest absolute Gasteiger partial charge is 0.130 e. The van der Waals surface area contributed by atoms with Gasteiger partial charge in [0, 0.05) is 5.25 Å². The van der Waals surface area contributed by atoms with Crippen LogP contribution in [-0.4, -0.2) is 5.25 Å². The first-order valence-electron chi connectivity index (χ1n) is 3.84. The average Bonchev–Trinajstić information content (AvgIpc) is 2.33. The monoisotopic (exact) mass is 152 g/mol. The third-order valence-electron chi connectivity index (χ3n) is 2.31. The molecule has 2 atom stereocenters. The fourth-order valence-electron chi connectivity index (χ4n) is 1.67. The summed E-state index contributed by atoms with van der Waals surface area (Å²) in [4.78, 5) is 0. The van der Waals surface area contributed by atoms with Gasteiger partial charge in [0.2, 0.25) is 0 Å². The molecule has 2 aliphatic rings. The minimum absolute atomic E-state index is 0.856. The van der Waals surface area contributed by atoms with Crippen LogP contribution < -0.4 is 0 Å². The molecule has 0 radical (unpaired) electrons. The van der Waals surface area contributed by atoms with Crippen LogP contribution in [0.3, 0.4) is 0 Å². The highest BCUT2D eigenvalue weighted by molar-refractivity contribution is 8.03. The summed E-state index contributed by atoms with van der Waals surface area (Å²) >= 11 is 2.00. The zero-order chi connectivity index (χ0) is 6.97. The molecule has 2 rings (SSSR count). The number of allylic oxidation sites excluding steroid dienone is 3. The van der Waals surface area contributed by atoms with E-state index in [2.05, 4.69) is 24.5 Å². The average molecular weight is 152 g/mol. The Kier molecular flexibility index (Phi) is 1.61. The second-order valence-corrected chi connectivity index (χ2v) is 4.31. The Morgan fingerprint density at radius 2 is 2.50 bits per heavy atom. The summed E-state index contributed by atoms with van der Waals surface area (Å²) in [5, 5.41) is 3.14. The molecule has 0 aromatic rings. The van der Waals surface area contributed by atoms with Crippen LogP contribution in [0, 0.1) is 5.92 Å². The van der Waals surface area contributed by atoms with E-state index in [1.54, 1.807) is 5.57 Å². The highest BCUT2D eigenvalue weighted by Gasteiger charge is 2.25. The molecule has 1 heteroatoms. The summed E-state index contributed by atoms with van der Waals surface area (Å²) in [7, 11) is 0. The number of fused-ring (bicyclic) bond motifs is 1. The fourth-order valence-corrected chi connectivity index (χ4v) is 2.76. The highest BCUT2D eigenvalue weighted by Crippen LogP contribution is 2.39. The quantitative estimate of drug-likeness (QED) is 0.481. The van der Waals surface area contributed by atoms with E-state index in [1.807, 2.05) is 11.8 Å². The van der Waals surface area contributed by atoms with E-state index in [9.17, 15) is 0 Å². The van der Waals surface area contributed by atoms with Gasteiger partial charge < -0.3 is 0 Å². The zero-order valence-electron chi connectivity index (χ0n) is 6.21. The molecule has 0 aromatic carbocycles. The van der Waals surface area contributed by atoms with Crippen LogP contribution >= 0.6 is 11.8 Å². The summed E-state index contributed by atoms with van der Waals surface area (Å²) < 4.78 is 0. The lowest BCUT2D eigenvalue weighted by Crippen LogP contribution is -2.14. The molecule has 1 aliphatic heterocycles. The lowest BCUT2D eigenvalue weighted by Gasteiger charge is -2.22. The minimum Gasteiger partial charge on any atom is -0.130 e. The highest BCUT2D eigenvalue weighted by atomic mass is 32.2. The van der Waals surface area contributed by atoms with Crippen molar-refractivity contribution in [1.29, 1.82) is 0 Å². The van der Waals surface area contributed by atoms with Crippen molar-refractivity contribution >= 4 is 11.8 Å². The summed E-state index contributed by atoms with van der Waals surface area (Å²) in [5.41, 5.74) is 1.58. The molecule has 0 bridgehead atoms. The Bertz CT molecular complexity index is 191. The predicted octanol–water partition coefficient (Wildman–Crippen LogP) is 2.97. The molecule has 0 spiro atoms. The van der Waals surface area contributed by atoms with E-state index in [4.69, 9.17) is 0 Å². The molecule has 1 aliphatic carbocycles. The maximum absolute atomic E-state index is 2.39. The van der Waals surface area contributed by atoms with Crippen molar-refractivity contribution in [3.8, 4) is 0 Å².